The quantitative estimate of drug-likeness (QED) is 0.606. The van der Waals surface area contributed by atoms with Crippen molar-refractivity contribution >= 4 is 29.5 Å². The van der Waals surface area contributed by atoms with Crippen LogP contribution in [0.3, 0.4) is 0 Å². The van der Waals surface area contributed by atoms with Crippen LogP contribution >= 0.6 is 11.8 Å². The number of ether oxygens (including phenoxy) is 1. The van der Waals surface area contributed by atoms with Crippen molar-refractivity contribution in [2.24, 2.45) is 0 Å². The molecule has 7 nitrogen and oxygen atoms in total. The minimum absolute atomic E-state index is 0.0410. The third-order valence-corrected chi connectivity index (χ3v) is 4.72. The van der Waals surface area contributed by atoms with E-state index in [0.717, 1.165) is 5.56 Å². The molecule has 0 bridgehead atoms. The molecule has 3 atom stereocenters. The van der Waals surface area contributed by atoms with Gasteiger partial charge >= 0.3 is 5.97 Å². The highest BCUT2D eigenvalue weighted by atomic mass is 32.2. The van der Waals surface area contributed by atoms with Crippen LogP contribution in [0.5, 0.6) is 0 Å². The van der Waals surface area contributed by atoms with Crippen molar-refractivity contribution in [2.45, 2.75) is 37.3 Å². The lowest BCUT2D eigenvalue weighted by Gasteiger charge is -2.29. The Hall–Kier alpha value is -2.06. The van der Waals surface area contributed by atoms with E-state index in [1.807, 2.05) is 37.3 Å². The number of hydrogen-bond donors (Lipinski definition) is 3. The molecule has 1 fully saturated rings. The summed E-state index contributed by atoms with van der Waals surface area (Å²) < 4.78 is 4.78. The molecule has 0 aliphatic carbocycles. The fourth-order valence-electron chi connectivity index (χ4n) is 2.51. The molecular formula is C17H23N3O4S. The van der Waals surface area contributed by atoms with E-state index >= 15 is 0 Å². The van der Waals surface area contributed by atoms with Crippen LogP contribution in [0.2, 0.25) is 0 Å². The van der Waals surface area contributed by atoms with Crippen LogP contribution in [0.4, 0.5) is 0 Å². The van der Waals surface area contributed by atoms with Crippen LogP contribution in [0.15, 0.2) is 30.3 Å². The topological polar surface area (TPSA) is 96.5 Å². The Morgan fingerprint density at radius 3 is 2.72 bits per heavy atom. The maximum Gasteiger partial charge on any atom is 0.328 e. The van der Waals surface area contributed by atoms with Crippen molar-refractivity contribution in [3.8, 4) is 0 Å². The van der Waals surface area contributed by atoms with Crippen LogP contribution in [-0.4, -0.2) is 48.2 Å². The summed E-state index contributed by atoms with van der Waals surface area (Å²) in [5, 5.41) is 8.66. The van der Waals surface area contributed by atoms with Gasteiger partial charge in [-0.1, -0.05) is 30.3 Å². The molecule has 1 aliphatic rings. The first kappa shape index (κ1) is 19.3. The van der Waals surface area contributed by atoms with E-state index in [-0.39, 0.29) is 29.1 Å². The van der Waals surface area contributed by atoms with Crippen molar-refractivity contribution in [2.75, 3.05) is 12.9 Å². The molecule has 2 rings (SSSR count). The Labute approximate surface area is 151 Å². The second-order valence-corrected chi connectivity index (χ2v) is 6.96. The molecule has 2 amide bonds. The highest BCUT2D eigenvalue weighted by molar-refractivity contribution is 8.00. The number of nitrogens with one attached hydrogen (secondary N) is 3. The number of amides is 2. The van der Waals surface area contributed by atoms with Crippen molar-refractivity contribution < 1.29 is 19.1 Å². The summed E-state index contributed by atoms with van der Waals surface area (Å²) in [7, 11) is 1.30. The van der Waals surface area contributed by atoms with E-state index in [4.69, 9.17) is 4.74 Å². The number of methoxy groups -OCH3 is 1. The van der Waals surface area contributed by atoms with Gasteiger partial charge in [-0.15, -0.1) is 11.8 Å². The van der Waals surface area contributed by atoms with Gasteiger partial charge in [0.25, 0.3) is 0 Å². The van der Waals surface area contributed by atoms with E-state index < -0.39 is 12.0 Å². The highest BCUT2D eigenvalue weighted by Gasteiger charge is 2.25. The van der Waals surface area contributed by atoms with Gasteiger partial charge in [0.1, 0.15) is 11.5 Å². The van der Waals surface area contributed by atoms with E-state index in [1.54, 1.807) is 0 Å². The van der Waals surface area contributed by atoms with Crippen molar-refractivity contribution in [3.63, 3.8) is 0 Å². The lowest BCUT2D eigenvalue weighted by molar-refractivity contribution is -0.144. The molecule has 0 spiro atoms. The molecule has 1 aromatic carbocycles. The zero-order valence-electron chi connectivity index (χ0n) is 14.3. The lowest BCUT2D eigenvalue weighted by atomic mass is 10.1. The molecule has 0 aromatic heterocycles. The number of thioether (sulfide) groups is 1. The predicted molar refractivity (Wildman–Crippen MR) is 95.7 cm³/mol. The molecular weight excluding hydrogens is 342 g/mol. The predicted octanol–water partition coefficient (Wildman–Crippen LogP) is 0.402. The van der Waals surface area contributed by atoms with Gasteiger partial charge in [-0.05, 0) is 12.5 Å². The van der Waals surface area contributed by atoms with E-state index in [2.05, 4.69) is 16.0 Å². The van der Waals surface area contributed by atoms with Gasteiger partial charge in [-0.25, -0.2) is 4.79 Å². The molecule has 1 saturated heterocycles. The fraction of sp³-hybridized carbons (Fsp3) is 0.471. The minimum Gasteiger partial charge on any atom is -0.467 e. The van der Waals surface area contributed by atoms with Crippen LogP contribution in [-0.2, 0) is 25.5 Å². The molecule has 0 saturated carbocycles. The zero-order chi connectivity index (χ0) is 18.2. The van der Waals surface area contributed by atoms with Crippen LogP contribution < -0.4 is 16.0 Å². The van der Waals surface area contributed by atoms with Gasteiger partial charge in [0, 0.05) is 18.9 Å². The molecule has 1 aromatic rings. The van der Waals surface area contributed by atoms with Crippen molar-refractivity contribution in [1.29, 1.82) is 0 Å². The van der Waals surface area contributed by atoms with Gasteiger partial charge in [-0.3, -0.25) is 14.9 Å². The summed E-state index contributed by atoms with van der Waals surface area (Å²) in [6.07, 6.45) is 0.782. The number of rotatable bonds is 7. The fourth-order valence-corrected chi connectivity index (χ4v) is 3.46. The average Bonchev–Trinajstić information content (AvgIpc) is 2.59. The van der Waals surface area contributed by atoms with Gasteiger partial charge in [0.2, 0.25) is 11.8 Å². The maximum absolute atomic E-state index is 12.2. The van der Waals surface area contributed by atoms with Crippen molar-refractivity contribution in [3.05, 3.63) is 35.9 Å². The summed E-state index contributed by atoms with van der Waals surface area (Å²) in [5.74, 6) is -0.696. The van der Waals surface area contributed by atoms with Crippen LogP contribution in [0, 0.1) is 0 Å². The van der Waals surface area contributed by atoms with E-state index in [1.165, 1.54) is 18.9 Å². The third-order valence-electron chi connectivity index (χ3n) is 3.70. The Kier molecular flexibility index (Phi) is 7.27. The van der Waals surface area contributed by atoms with Gasteiger partial charge in [0.15, 0.2) is 0 Å². The first-order chi connectivity index (χ1) is 12.0. The molecule has 25 heavy (non-hydrogen) atoms. The standard InChI is InChI=1S/C17H23N3O4S/c1-11-8-14(21)20-17(18-11)25-10-15(22)19-13(16(23)24-2)9-12-6-4-3-5-7-12/h3-7,11,13,17-18H,8-10H2,1-2H3,(H,19,22)(H,20,21). The average molecular weight is 365 g/mol. The summed E-state index contributed by atoms with van der Waals surface area (Å²) in [5.41, 5.74) is 0.619. The molecule has 3 N–H and O–H groups in total. The smallest absolute Gasteiger partial charge is 0.328 e. The summed E-state index contributed by atoms with van der Waals surface area (Å²) >= 11 is 1.27. The normalized spacial score (nSPS) is 21.1. The second-order valence-electron chi connectivity index (χ2n) is 5.86. The van der Waals surface area contributed by atoms with Crippen LogP contribution in [0.25, 0.3) is 0 Å². The number of carbonyl (C=O) groups excluding carboxylic acids is 3. The number of hydrogen-bond acceptors (Lipinski definition) is 6. The minimum atomic E-state index is -0.742. The highest BCUT2D eigenvalue weighted by Crippen LogP contribution is 2.12. The van der Waals surface area contributed by atoms with E-state index in [0.29, 0.717) is 12.8 Å². The lowest BCUT2D eigenvalue weighted by Crippen LogP contribution is -2.54. The Morgan fingerprint density at radius 2 is 2.08 bits per heavy atom. The van der Waals surface area contributed by atoms with Gasteiger partial charge in [-0.2, -0.15) is 0 Å². The Morgan fingerprint density at radius 1 is 1.36 bits per heavy atom. The molecule has 3 unspecified atom stereocenters. The maximum atomic E-state index is 12.2. The SMILES string of the molecule is COC(=O)C(Cc1ccccc1)NC(=O)CSC1NC(=O)CC(C)N1. The van der Waals surface area contributed by atoms with Gasteiger partial charge in [0.05, 0.1) is 12.9 Å². The number of esters is 1. The molecule has 1 aliphatic heterocycles. The number of benzene rings is 1. The molecule has 0 radical (unpaired) electrons. The number of carbonyl (C=O) groups is 3. The summed E-state index contributed by atoms with van der Waals surface area (Å²) in [6, 6.07) is 8.74. The Bertz CT molecular complexity index is 611. The van der Waals surface area contributed by atoms with E-state index in [9.17, 15) is 14.4 Å². The molecule has 8 heteroatoms. The zero-order valence-corrected chi connectivity index (χ0v) is 15.1. The third kappa shape index (κ3) is 6.39. The second kappa shape index (κ2) is 9.43. The molecule has 1 heterocycles. The summed E-state index contributed by atoms with van der Waals surface area (Å²) in [4.78, 5) is 35.6. The first-order valence-electron chi connectivity index (χ1n) is 8.06. The summed E-state index contributed by atoms with van der Waals surface area (Å²) in [6.45, 7) is 1.92. The monoisotopic (exact) mass is 365 g/mol. The van der Waals surface area contributed by atoms with Crippen molar-refractivity contribution in [1.82, 2.24) is 16.0 Å². The Balaban J connectivity index is 1.86. The van der Waals surface area contributed by atoms with Crippen LogP contribution in [0.1, 0.15) is 18.9 Å². The molecule has 136 valence electrons. The largest absolute Gasteiger partial charge is 0.467 e. The van der Waals surface area contributed by atoms with Gasteiger partial charge < -0.3 is 15.4 Å². The first-order valence-corrected chi connectivity index (χ1v) is 9.11.